The molecule has 0 amide bonds. The highest BCUT2D eigenvalue weighted by atomic mass is 79.9. The van der Waals surface area contributed by atoms with E-state index in [0.29, 0.717) is 57.2 Å². The third-order valence-electron chi connectivity index (χ3n) is 5.82. The lowest BCUT2D eigenvalue weighted by atomic mass is 10.1. The highest BCUT2D eigenvalue weighted by Crippen LogP contribution is 2.38. The van der Waals surface area contributed by atoms with Crippen LogP contribution in [-0.2, 0) is 0 Å². The molecule has 0 radical (unpaired) electrons. The largest absolute Gasteiger partial charge is 0.486 e. The van der Waals surface area contributed by atoms with E-state index in [2.05, 4.69) is 31.2 Å². The molecule has 7 nitrogen and oxygen atoms in total. The smallest absolute Gasteiger partial charge is 0.460 e. The number of aromatic nitrogens is 2. The predicted octanol–water partition coefficient (Wildman–Crippen LogP) is 4.55. The fourth-order valence-corrected chi connectivity index (χ4v) is 4.42. The fourth-order valence-electron chi connectivity index (χ4n) is 4.05. The molecule has 0 saturated carbocycles. The lowest BCUT2D eigenvalue weighted by molar-refractivity contribution is -0.252. The van der Waals surface area contributed by atoms with Gasteiger partial charge in [-0.2, -0.15) is 13.2 Å². The van der Waals surface area contributed by atoms with Gasteiger partial charge in [0.05, 0.1) is 15.7 Å². The number of rotatable bonds is 4. The van der Waals surface area contributed by atoms with Crippen LogP contribution in [0, 0.1) is 5.82 Å². The summed E-state index contributed by atoms with van der Waals surface area (Å²) in [6.45, 7) is 1.17. The Labute approximate surface area is 200 Å². The number of alkyl halides is 3. The molecular formula is C22H20BrF4N5O2. The van der Waals surface area contributed by atoms with Crippen molar-refractivity contribution in [3.63, 3.8) is 0 Å². The summed E-state index contributed by atoms with van der Waals surface area (Å²) in [4.78, 5) is 11.0. The Bertz CT molecular complexity index is 1200. The monoisotopic (exact) mass is 541 g/mol. The van der Waals surface area contributed by atoms with Crippen molar-refractivity contribution >= 4 is 38.3 Å². The summed E-state index contributed by atoms with van der Waals surface area (Å²) in [6.07, 6.45) is -3.27. The molecule has 1 aromatic heterocycles. The van der Waals surface area contributed by atoms with Crippen LogP contribution >= 0.6 is 15.9 Å². The minimum Gasteiger partial charge on any atom is -0.486 e. The molecule has 2 aliphatic rings. The van der Waals surface area contributed by atoms with E-state index >= 15 is 0 Å². The number of anilines is 2. The first-order valence-electron chi connectivity index (χ1n) is 10.6. The van der Waals surface area contributed by atoms with Crippen molar-refractivity contribution in [2.45, 2.75) is 12.4 Å². The molecule has 2 aromatic carbocycles. The van der Waals surface area contributed by atoms with Gasteiger partial charge in [-0.15, -0.1) is 0 Å². The van der Waals surface area contributed by atoms with Crippen molar-refractivity contribution in [1.82, 2.24) is 19.8 Å². The van der Waals surface area contributed by atoms with Crippen LogP contribution in [0.15, 0.2) is 41.1 Å². The van der Waals surface area contributed by atoms with Gasteiger partial charge in [-0.25, -0.2) is 19.3 Å². The third-order valence-corrected chi connectivity index (χ3v) is 6.43. The van der Waals surface area contributed by atoms with E-state index in [-0.39, 0.29) is 31.5 Å². The first kappa shape index (κ1) is 23.1. The van der Waals surface area contributed by atoms with E-state index in [4.69, 9.17) is 9.47 Å². The number of hydrogen-bond donors (Lipinski definition) is 1. The van der Waals surface area contributed by atoms with Crippen LogP contribution < -0.4 is 14.8 Å². The average molecular weight is 542 g/mol. The molecule has 0 aliphatic carbocycles. The van der Waals surface area contributed by atoms with Crippen LogP contribution in [0.1, 0.15) is 0 Å². The second-order valence-electron chi connectivity index (χ2n) is 8.07. The average Bonchev–Trinajstić information content (AvgIpc) is 2.81. The molecule has 1 N–H and O–H groups in total. The normalized spacial score (nSPS) is 19.4. The second kappa shape index (κ2) is 9.16. The van der Waals surface area contributed by atoms with Crippen LogP contribution in [0.2, 0.25) is 0 Å². The molecule has 1 fully saturated rings. The first-order chi connectivity index (χ1) is 16.3. The Morgan fingerprint density at radius 3 is 2.65 bits per heavy atom. The molecule has 34 heavy (non-hydrogen) atoms. The van der Waals surface area contributed by atoms with Crippen molar-refractivity contribution in [2.24, 2.45) is 0 Å². The fraction of sp³-hybridized carbons (Fsp3) is 0.364. The summed E-state index contributed by atoms with van der Waals surface area (Å²) in [6, 6.07) is 8.37. The van der Waals surface area contributed by atoms with E-state index in [1.807, 2.05) is 4.90 Å². The van der Waals surface area contributed by atoms with Gasteiger partial charge in [0.25, 0.3) is 0 Å². The molecule has 0 spiro atoms. The van der Waals surface area contributed by atoms with Crippen molar-refractivity contribution in [2.75, 3.05) is 44.6 Å². The minimum atomic E-state index is -4.30. The summed E-state index contributed by atoms with van der Waals surface area (Å²) >= 11 is 3.17. The Hall–Kier alpha value is -2.70. The molecule has 0 bridgehead atoms. The Balaban J connectivity index is 1.32. The van der Waals surface area contributed by atoms with Crippen LogP contribution in [0.3, 0.4) is 0 Å². The van der Waals surface area contributed by atoms with Gasteiger partial charge in [0.15, 0.2) is 17.3 Å². The number of nitrogens with zero attached hydrogens (tertiary/aromatic N) is 4. The van der Waals surface area contributed by atoms with E-state index in [1.165, 1.54) is 6.33 Å². The van der Waals surface area contributed by atoms with Crippen molar-refractivity contribution in [3.8, 4) is 11.5 Å². The van der Waals surface area contributed by atoms with Gasteiger partial charge in [-0.3, -0.25) is 4.90 Å². The van der Waals surface area contributed by atoms with Crippen molar-refractivity contribution in [1.29, 1.82) is 0 Å². The van der Waals surface area contributed by atoms with Crippen LogP contribution in [0.4, 0.5) is 29.1 Å². The zero-order valence-electron chi connectivity index (χ0n) is 17.8. The molecular weight excluding hydrogens is 522 g/mol. The first-order valence-corrected chi connectivity index (χ1v) is 11.4. The topological polar surface area (TPSA) is 62.8 Å². The van der Waals surface area contributed by atoms with E-state index in [9.17, 15) is 17.6 Å². The molecule has 1 saturated heterocycles. The number of fused-ring (bicyclic) bond motifs is 2. The van der Waals surface area contributed by atoms with Gasteiger partial charge in [-0.1, -0.05) is 6.07 Å². The van der Waals surface area contributed by atoms with Gasteiger partial charge >= 0.3 is 6.30 Å². The molecule has 0 unspecified atom stereocenters. The molecule has 3 aromatic rings. The summed E-state index contributed by atoms with van der Waals surface area (Å²) in [5.74, 6) is 0.949. The quantitative estimate of drug-likeness (QED) is 0.384. The summed E-state index contributed by atoms with van der Waals surface area (Å²) in [5, 5.41) is 3.61. The van der Waals surface area contributed by atoms with Crippen molar-refractivity contribution in [3.05, 3.63) is 46.9 Å². The summed E-state index contributed by atoms with van der Waals surface area (Å²) in [7, 11) is 0. The Morgan fingerprint density at radius 2 is 1.88 bits per heavy atom. The lowest BCUT2D eigenvalue weighted by Crippen LogP contribution is -2.54. The molecule has 3 heterocycles. The number of nitrogens with one attached hydrogen (secondary N) is 1. The number of halogens is 5. The highest BCUT2D eigenvalue weighted by Gasteiger charge is 2.39. The van der Waals surface area contributed by atoms with Gasteiger partial charge in [0, 0.05) is 44.2 Å². The molecule has 5 rings (SSSR count). The van der Waals surface area contributed by atoms with Gasteiger partial charge < -0.3 is 14.8 Å². The van der Waals surface area contributed by atoms with Gasteiger partial charge in [-0.05, 0) is 34.1 Å². The number of piperazine rings is 1. The zero-order chi connectivity index (χ0) is 23.9. The van der Waals surface area contributed by atoms with Crippen molar-refractivity contribution < 1.29 is 27.0 Å². The lowest BCUT2D eigenvalue weighted by Gasteiger charge is -2.37. The summed E-state index contributed by atoms with van der Waals surface area (Å²) < 4.78 is 65.3. The van der Waals surface area contributed by atoms with Gasteiger partial charge in [0.2, 0.25) is 0 Å². The van der Waals surface area contributed by atoms with Gasteiger partial charge in [0.1, 0.15) is 24.9 Å². The third kappa shape index (κ3) is 4.75. The second-order valence-corrected chi connectivity index (χ2v) is 8.93. The van der Waals surface area contributed by atoms with E-state index < -0.39 is 12.1 Å². The summed E-state index contributed by atoms with van der Waals surface area (Å²) in [5.41, 5.74) is 0.845. The van der Waals surface area contributed by atoms with Crippen LogP contribution in [0.25, 0.3) is 10.9 Å². The zero-order valence-corrected chi connectivity index (χ0v) is 19.4. The molecule has 1 atom stereocenters. The molecule has 180 valence electrons. The number of benzene rings is 2. The van der Waals surface area contributed by atoms with E-state index in [0.717, 1.165) is 0 Å². The van der Waals surface area contributed by atoms with E-state index in [1.54, 1.807) is 30.3 Å². The minimum absolute atomic E-state index is 0.0726. The number of hydrogen-bond acceptors (Lipinski definition) is 7. The maximum atomic E-state index is 14.5. The SMILES string of the molecule is Fc1c(Br)cccc1Nc1ncnc2cc3c(cc12)O[C@@H](CN1CCN(C(F)(F)F)CC1)CO3. The Morgan fingerprint density at radius 1 is 1.09 bits per heavy atom. The van der Waals surface area contributed by atoms with Crippen LogP contribution in [0.5, 0.6) is 11.5 Å². The Kier molecular flexibility index (Phi) is 6.21. The maximum absolute atomic E-state index is 14.5. The van der Waals surface area contributed by atoms with Crippen LogP contribution in [-0.4, -0.2) is 71.5 Å². The standard InChI is InChI=1S/C22H20BrF4N5O2/c23-15-2-1-3-16(20(15)24)30-21-14-8-19-18(9-17(14)28-12-29-21)33-11-13(34-19)10-31-4-6-32(7-5-31)22(25,26)27/h1-3,8-9,12-13H,4-7,10-11H2,(H,28,29,30)/t13-/m0/s1. The predicted molar refractivity (Wildman–Crippen MR) is 121 cm³/mol. The maximum Gasteiger partial charge on any atom is 0.460 e. The highest BCUT2D eigenvalue weighted by molar-refractivity contribution is 9.10. The molecule has 12 heteroatoms. The number of ether oxygens (including phenoxy) is 2. The molecule has 2 aliphatic heterocycles.